The number of anilines is 1. The van der Waals surface area contributed by atoms with Gasteiger partial charge in [0.15, 0.2) is 6.29 Å². The van der Waals surface area contributed by atoms with E-state index in [1.165, 1.54) is 0 Å². The van der Waals surface area contributed by atoms with Crippen LogP contribution in [0.5, 0.6) is 0 Å². The third kappa shape index (κ3) is 2.83. The van der Waals surface area contributed by atoms with E-state index < -0.39 is 6.23 Å². The van der Waals surface area contributed by atoms with Crippen molar-refractivity contribution in [3.63, 3.8) is 0 Å². The number of carbonyl (C=O) groups is 1. The second kappa shape index (κ2) is 5.69. The summed E-state index contributed by atoms with van der Waals surface area (Å²) in [5.41, 5.74) is 1.53. The fourth-order valence-corrected chi connectivity index (χ4v) is 2.39. The zero-order valence-corrected chi connectivity index (χ0v) is 11.1. The van der Waals surface area contributed by atoms with Crippen molar-refractivity contribution in [3.05, 3.63) is 28.8 Å². The summed E-state index contributed by atoms with van der Waals surface area (Å²) in [6, 6.07) is 5.29. The molecule has 1 atom stereocenters. The second-order valence-corrected chi connectivity index (χ2v) is 4.91. The van der Waals surface area contributed by atoms with Crippen LogP contribution in [0, 0.1) is 0 Å². The van der Waals surface area contributed by atoms with Gasteiger partial charge in [-0.1, -0.05) is 11.6 Å². The summed E-state index contributed by atoms with van der Waals surface area (Å²) in [5, 5.41) is 10.1. The molecular weight excluding hydrogens is 252 g/mol. The van der Waals surface area contributed by atoms with Crippen LogP contribution in [-0.2, 0) is 0 Å². The molecule has 1 N–H and O–H groups in total. The highest BCUT2D eigenvalue weighted by atomic mass is 35.5. The van der Waals surface area contributed by atoms with Gasteiger partial charge in [0.05, 0.1) is 0 Å². The van der Waals surface area contributed by atoms with Crippen molar-refractivity contribution in [2.75, 3.05) is 31.1 Å². The number of nitrogens with zero attached hydrogens (tertiary/aromatic N) is 2. The maximum atomic E-state index is 11.0. The van der Waals surface area contributed by atoms with E-state index in [1.54, 1.807) is 19.1 Å². The van der Waals surface area contributed by atoms with Crippen LogP contribution in [0.15, 0.2) is 18.2 Å². The quantitative estimate of drug-likeness (QED) is 0.846. The third-order valence-electron chi connectivity index (χ3n) is 3.30. The molecular formula is C13H17ClN2O2. The van der Waals surface area contributed by atoms with E-state index in [0.717, 1.165) is 38.2 Å². The van der Waals surface area contributed by atoms with Crippen LogP contribution < -0.4 is 4.90 Å². The summed E-state index contributed by atoms with van der Waals surface area (Å²) in [6.07, 6.45) is 0.434. The molecule has 1 saturated heterocycles. The van der Waals surface area contributed by atoms with Crippen LogP contribution in [0.2, 0.25) is 5.02 Å². The Bertz CT molecular complexity index is 429. The number of benzene rings is 1. The number of carbonyl (C=O) groups excluding carboxylic acids is 1. The standard InChI is InChI=1S/C13H17ClN2O2/c1-10(18)15-4-6-16(7-5-15)13-8-12(14)3-2-11(13)9-17/h2-3,8-10,18H,4-7H2,1H3. The van der Waals surface area contributed by atoms with Gasteiger partial charge in [-0.15, -0.1) is 0 Å². The molecule has 4 nitrogen and oxygen atoms in total. The molecule has 0 aliphatic carbocycles. The highest BCUT2D eigenvalue weighted by Crippen LogP contribution is 2.25. The molecule has 1 unspecified atom stereocenters. The van der Waals surface area contributed by atoms with Gasteiger partial charge >= 0.3 is 0 Å². The van der Waals surface area contributed by atoms with Gasteiger partial charge < -0.3 is 10.0 Å². The van der Waals surface area contributed by atoms with Crippen molar-refractivity contribution in [2.24, 2.45) is 0 Å². The molecule has 5 heteroatoms. The normalized spacial score (nSPS) is 18.7. The molecule has 1 heterocycles. The molecule has 98 valence electrons. The summed E-state index contributed by atoms with van der Waals surface area (Å²) in [5.74, 6) is 0. The number of aliphatic hydroxyl groups is 1. The largest absolute Gasteiger partial charge is 0.379 e. The predicted molar refractivity (Wildman–Crippen MR) is 72.3 cm³/mol. The molecule has 0 aromatic heterocycles. The Hall–Kier alpha value is -1.10. The van der Waals surface area contributed by atoms with Crippen LogP contribution in [0.4, 0.5) is 5.69 Å². The minimum absolute atomic E-state index is 0.419. The van der Waals surface area contributed by atoms with Crippen LogP contribution in [0.1, 0.15) is 17.3 Å². The number of aliphatic hydroxyl groups excluding tert-OH is 1. The number of hydrogen-bond acceptors (Lipinski definition) is 4. The minimum atomic E-state index is -0.419. The van der Waals surface area contributed by atoms with Gasteiger partial charge in [0.25, 0.3) is 0 Å². The van der Waals surface area contributed by atoms with E-state index >= 15 is 0 Å². The zero-order chi connectivity index (χ0) is 13.1. The summed E-state index contributed by atoms with van der Waals surface area (Å²) < 4.78 is 0. The molecule has 18 heavy (non-hydrogen) atoms. The predicted octanol–water partition coefficient (Wildman–Crippen LogP) is 1.61. The maximum absolute atomic E-state index is 11.0. The molecule has 0 bridgehead atoms. The minimum Gasteiger partial charge on any atom is -0.379 e. The average Bonchev–Trinajstić information content (AvgIpc) is 2.39. The average molecular weight is 269 g/mol. The molecule has 2 rings (SSSR count). The van der Waals surface area contributed by atoms with Gasteiger partial charge in [0.1, 0.15) is 6.23 Å². The summed E-state index contributed by atoms with van der Waals surface area (Å²) in [6.45, 7) is 4.90. The molecule has 0 radical (unpaired) electrons. The molecule has 1 aliphatic rings. The molecule has 1 fully saturated rings. The van der Waals surface area contributed by atoms with Crippen LogP contribution in [-0.4, -0.2) is 48.7 Å². The first kappa shape index (κ1) is 13.3. The number of rotatable bonds is 3. The smallest absolute Gasteiger partial charge is 0.152 e. The van der Waals surface area contributed by atoms with E-state index in [0.29, 0.717) is 10.6 Å². The Morgan fingerprint density at radius 2 is 2.00 bits per heavy atom. The van der Waals surface area contributed by atoms with E-state index in [4.69, 9.17) is 11.6 Å². The number of hydrogen-bond donors (Lipinski definition) is 1. The summed E-state index contributed by atoms with van der Waals surface area (Å²) >= 11 is 5.98. The monoisotopic (exact) mass is 268 g/mol. The molecule has 1 aromatic carbocycles. The summed E-state index contributed by atoms with van der Waals surface area (Å²) in [4.78, 5) is 15.2. The van der Waals surface area contributed by atoms with Gasteiger partial charge in [0.2, 0.25) is 0 Å². The molecule has 0 spiro atoms. The third-order valence-corrected chi connectivity index (χ3v) is 3.54. The second-order valence-electron chi connectivity index (χ2n) is 4.48. The van der Waals surface area contributed by atoms with Crippen LogP contribution in [0.25, 0.3) is 0 Å². The van der Waals surface area contributed by atoms with Gasteiger partial charge in [-0.2, -0.15) is 0 Å². The Morgan fingerprint density at radius 3 is 2.56 bits per heavy atom. The molecule has 0 amide bonds. The lowest BCUT2D eigenvalue weighted by Gasteiger charge is -2.37. The fraction of sp³-hybridized carbons (Fsp3) is 0.462. The van der Waals surface area contributed by atoms with E-state index in [2.05, 4.69) is 4.90 Å². The van der Waals surface area contributed by atoms with Gasteiger partial charge in [0, 0.05) is 42.5 Å². The molecule has 0 saturated carbocycles. The van der Waals surface area contributed by atoms with Crippen molar-refractivity contribution in [2.45, 2.75) is 13.2 Å². The highest BCUT2D eigenvalue weighted by molar-refractivity contribution is 6.31. The first-order valence-electron chi connectivity index (χ1n) is 6.03. The Morgan fingerprint density at radius 1 is 1.33 bits per heavy atom. The fourth-order valence-electron chi connectivity index (χ4n) is 2.23. The van der Waals surface area contributed by atoms with Gasteiger partial charge in [-0.05, 0) is 25.1 Å². The highest BCUT2D eigenvalue weighted by Gasteiger charge is 2.21. The lowest BCUT2D eigenvalue weighted by atomic mass is 10.1. The van der Waals surface area contributed by atoms with Crippen molar-refractivity contribution in [3.8, 4) is 0 Å². The van der Waals surface area contributed by atoms with Crippen molar-refractivity contribution in [1.29, 1.82) is 0 Å². The number of piperazine rings is 1. The Kier molecular flexibility index (Phi) is 4.22. The number of halogens is 1. The Labute approximate surface area is 112 Å². The zero-order valence-electron chi connectivity index (χ0n) is 10.3. The SMILES string of the molecule is CC(O)N1CCN(c2cc(Cl)ccc2C=O)CC1. The summed E-state index contributed by atoms with van der Waals surface area (Å²) in [7, 11) is 0. The van der Waals surface area contributed by atoms with Crippen molar-refractivity contribution < 1.29 is 9.90 Å². The van der Waals surface area contributed by atoms with Crippen LogP contribution in [0.3, 0.4) is 0 Å². The first-order valence-corrected chi connectivity index (χ1v) is 6.41. The molecule has 1 aromatic rings. The Balaban J connectivity index is 2.14. The van der Waals surface area contributed by atoms with E-state index in [9.17, 15) is 9.90 Å². The van der Waals surface area contributed by atoms with E-state index in [-0.39, 0.29) is 0 Å². The van der Waals surface area contributed by atoms with Gasteiger partial charge in [-0.25, -0.2) is 0 Å². The van der Waals surface area contributed by atoms with E-state index in [1.807, 2.05) is 11.0 Å². The maximum Gasteiger partial charge on any atom is 0.152 e. The van der Waals surface area contributed by atoms with Gasteiger partial charge in [-0.3, -0.25) is 9.69 Å². The molecule has 1 aliphatic heterocycles. The topological polar surface area (TPSA) is 43.8 Å². The lowest BCUT2D eigenvalue weighted by molar-refractivity contribution is 0.0153. The van der Waals surface area contributed by atoms with Crippen molar-refractivity contribution >= 4 is 23.6 Å². The van der Waals surface area contributed by atoms with Crippen LogP contribution >= 0.6 is 11.6 Å². The lowest BCUT2D eigenvalue weighted by Crippen LogP contribution is -2.49. The first-order chi connectivity index (χ1) is 8.61. The van der Waals surface area contributed by atoms with Crippen molar-refractivity contribution in [1.82, 2.24) is 4.90 Å². The number of aldehydes is 1.